The van der Waals surface area contributed by atoms with Crippen LogP contribution in [-0.2, 0) is 30.4 Å². The summed E-state index contributed by atoms with van der Waals surface area (Å²) in [5.74, 6) is -5.37. The maximum absolute atomic E-state index is 13.0. The molecule has 8 N–H and O–H groups in total. The van der Waals surface area contributed by atoms with Gasteiger partial charge in [0.25, 0.3) is 0 Å². The van der Waals surface area contributed by atoms with Crippen molar-refractivity contribution < 1.29 is 39.3 Å². The lowest BCUT2D eigenvalue weighted by Crippen LogP contribution is -2.59. The van der Waals surface area contributed by atoms with E-state index in [1.165, 1.54) is 0 Å². The normalized spacial score (nSPS) is 14.4. The van der Waals surface area contributed by atoms with E-state index in [0.717, 1.165) is 0 Å². The van der Waals surface area contributed by atoms with Crippen molar-refractivity contribution in [3.05, 3.63) is 35.9 Å². The number of carbonyl (C=O) groups is 5. The Hall–Kier alpha value is -3.51. The van der Waals surface area contributed by atoms with Crippen LogP contribution in [0.1, 0.15) is 32.3 Å². The maximum Gasteiger partial charge on any atom is 0.326 e. The van der Waals surface area contributed by atoms with E-state index in [2.05, 4.69) is 16.0 Å². The van der Waals surface area contributed by atoms with Crippen molar-refractivity contribution in [2.24, 2.45) is 11.7 Å². The molecule has 0 spiro atoms. The second-order valence-electron chi connectivity index (χ2n) is 8.10. The molecule has 0 radical (unpaired) electrons. The number of nitrogens with one attached hydrogen (secondary N) is 3. The molecule has 0 saturated carbocycles. The molecule has 0 fully saturated rings. The predicted molar refractivity (Wildman–Crippen MR) is 120 cm³/mol. The van der Waals surface area contributed by atoms with Gasteiger partial charge in [0.05, 0.1) is 6.61 Å². The van der Waals surface area contributed by atoms with Crippen LogP contribution in [0.3, 0.4) is 0 Å². The fourth-order valence-corrected chi connectivity index (χ4v) is 3.00. The average Bonchev–Trinajstić information content (AvgIpc) is 2.78. The van der Waals surface area contributed by atoms with Gasteiger partial charge >= 0.3 is 11.9 Å². The number of amides is 3. The van der Waals surface area contributed by atoms with Crippen molar-refractivity contribution in [2.75, 3.05) is 6.61 Å². The van der Waals surface area contributed by atoms with Gasteiger partial charge in [-0.1, -0.05) is 44.2 Å². The summed E-state index contributed by atoms with van der Waals surface area (Å²) in [7, 11) is 0. The molecule has 188 valence electrons. The molecule has 0 bridgehead atoms. The Kier molecular flexibility index (Phi) is 11.7. The number of carbonyl (C=O) groups excluding carboxylic acids is 3. The molecule has 0 aromatic heterocycles. The van der Waals surface area contributed by atoms with Gasteiger partial charge in [-0.05, 0) is 17.9 Å². The third-order valence-corrected chi connectivity index (χ3v) is 4.96. The Balaban J connectivity index is 3.02. The summed E-state index contributed by atoms with van der Waals surface area (Å²) in [6.45, 7) is 2.63. The van der Waals surface area contributed by atoms with E-state index in [4.69, 9.17) is 15.9 Å². The molecule has 0 aliphatic heterocycles. The summed E-state index contributed by atoms with van der Waals surface area (Å²) in [6, 6.07) is 3.75. The number of rotatable bonds is 14. The molecule has 0 heterocycles. The van der Waals surface area contributed by atoms with Crippen LogP contribution in [0.2, 0.25) is 0 Å². The van der Waals surface area contributed by atoms with Gasteiger partial charge in [0, 0.05) is 12.8 Å². The molecule has 4 atom stereocenters. The van der Waals surface area contributed by atoms with Crippen LogP contribution in [0.4, 0.5) is 0 Å². The number of nitrogens with two attached hydrogens (primary N) is 1. The maximum atomic E-state index is 13.0. The Labute approximate surface area is 196 Å². The molecule has 1 aromatic rings. The molecule has 12 nitrogen and oxygen atoms in total. The first kappa shape index (κ1) is 28.5. The van der Waals surface area contributed by atoms with Gasteiger partial charge in [-0.3, -0.25) is 19.2 Å². The Morgan fingerprint density at radius 1 is 0.882 bits per heavy atom. The monoisotopic (exact) mass is 480 g/mol. The van der Waals surface area contributed by atoms with Gasteiger partial charge in [0.2, 0.25) is 17.7 Å². The summed E-state index contributed by atoms with van der Waals surface area (Å²) in [6.07, 6.45) is -0.730. The largest absolute Gasteiger partial charge is 0.481 e. The summed E-state index contributed by atoms with van der Waals surface area (Å²) < 4.78 is 0. The molecule has 1 aromatic carbocycles. The minimum absolute atomic E-state index is 0.0688. The first-order valence-electron chi connectivity index (χ1n) is 10.7. The molecule has 1 rings (SSSR count). The highest BCUT2D eigenvalue weighted by molar-refractivity contribution is 5.94. The van der Waals surface area contributed by atoms with E-state index in [1.54, 1.807) is 44.2 Å². The van der Waals surface area contributed by atoms with E-state index >= 15 is 0 Å². The zero-order valence-corrected chi connectivity index (χ0v) is 19.1. The van der Waals surface area contributed by atoms with Crippen molar-refractivity contribution in [1.82, 2.24) is 16.0 Å². The Morgan fingerprint density at radius 3 is 1.97 bits per heavy atom. The molecule has 4 unspecified atom stereocenters. The van der Waals surface area contributed by atoms with Crippen LogP contribution in [0.5, 0.6) is 0 Å². The van der Waals surface area contributed by atoms with Crippen LogP contribution in [0.25, 0.3) is 0 Å². The van der Waals surface area contributed by atoms with E-state index < -0.39 is 72.8 Å². The van der Waals surface area contributed by atoms with Crippen LogP contribution < -0.4 is 21.7 Å². The van der Waals surface area contributed by atoms with Crippen LogP contribution >= 0.6 is 0 Å². The second-order valence-corrected chi connectivity index (χ2v) is 8.10. The Bertz CT molecular complexity index is 862. The number of benzene rings is 1. The summed E-state index contributed by atoms with van der Waals surface area (Å²) in [4.78, 5) is 60.2. The lowest BCUT2D eigenvalue weighted by Gasteiger charge is -2.27. The molecule has 3 amide bonds. The minimum atomic E-state index is -1.45. The zero-order valence-electron chi connectivity index (χ0n) is 19.1. The summed E-state index contributed by atoms with van der Waals surface area (Å²) in [5, 5.41) is 34.4. The number of carboxylic acid groups (broad SMARTS) is 2. The van der Waals surface area contributed by atoms with Crippen molar-refractivity contribution in [2.45, 2.75) is 57.3 Å². The lowest BCUT2D eigenvalue weighted by atomic mass is 10.00. The highest BCUT2D eigenvalue weighted by Gasteiger charge is 2.32. The topological polar surface area (TPSA) is 208 Å². The van der Waals surface area contributed by atoms with E-state index in [1.807, 2.05) is 0 Å². The van der Waals surface area contributed by atoms with Crippen LogP contribution in [0, 0.1) is 5.92 Å². The van der Waals surface area contributed by atoms with E-state index in [-0.39, 0.29) is 12.8 Å². The highest BCUT2D eigenvalue weighted by Crippen LogP contribution is 2.08. The number of aliphatic hydroxyl groups excluding tert-OH is 1. The molecule has 0 saturated heterocycles. The number of hydrogen-bond acceptors (Lipinski definition) is 7. The SMILES string of the molecule is CC(C)C(NC(=O)C(Cc1ccccc1)NC(=O)C(N)CO)C(=O)NC(CCC(=O)O)C(=O)O. The fraction of sp³-hybridized carbons (Fsp3) is 0.500. The highest BCUT2D eigenvalue weighted by atomic mass is 16.4. The van der Waals surface area contributed by atoms with Crippen molar-refractivity contribution in [1.29, 1.82) is 0 Å². The first-order valence-corrected chi connectivity index (χ1v) is 10.7. The number of hydrogen-bond donors (Lipinski definition) is 7. The predicted octanol–water partition coefficient (Wildman–Crippen LogP) is -1.39. The van der Waals surface area contributed by atoms with Gasteiger partial charge in [-0.15, -0.1) is 0 Å². The summed E-state index contributed by atoms with van der Waals surface area (Å²) in [5.41, 5.74) is 6.25. The van der Waals surface area contributed by atoms with Gasteiger partial charge < -0.3 is 37.0 Å². The van der Waals surface area contributed by atoms with Crippen molar-refractivity contribution in [3.8, 4) is 0 Å². The van der Waals surface area contributed by atoms with Crippen molar-refractivity contribution >= 4 is 29.7 Å². The second kappa shape index (κ2) is 13.9. The molecular weight excluding hydrogens is 448 g/mol. The van der Waals surface area contributed by atoms with Crippen molar-refractivity contribution in [3.63, 3.8) is 0 Å². The number of carboxylic acids is 2. The molecule has 34 heavy (non-hydrogen) atoms. The van der Waals surface area contributed by atoms with Gasteiger partial charge in [-0.25, -0.2) is 4.79 Å². The average molecular weight is 481 g/mol. The van der Waals surface area contributed by atoms with Crippen LogP contribution in [0.15, 0.2) is 30.3 Å². The number of aliphatic carboxylic acids is 2. The van der Waals surface area contributed by atoms with Crippen LogP contribution in [-0.4, -0.2) is 75.8 Å². The zero-order chi connectivity index (χ0) is 25.8. The third kappa shape index (κ3) is 9.55. The van der Waals surface area contributed by atoms with Gasteiger partial charge in [-0.2, -0.15) is 0 Å². The van der Waals surface area contributed by atoms with E-state index in [0.29, 0.717) is 5.56 Å². The van der Waals surface area contributed by atoms with Gasteiger partial charge in [0.15, 0.2) is 0 Å². The quantitative estimate of drug-likeness (QED) is 0.167. The molecule has 12 heteroatoms. The molecule has 0 aliphatic carbocycles. The minimum Gasteiger partial charge on any atom is -0.481 e. The Morgan fingerprint density at radius 2 is 1.47 bits per heavy atom. The fourth-order valence-electron chi connectivity index (χ4n) is 3.00. The third-order valence-electron chi connectivity index (χ3n) is 4.96. The first-order chi connectivity index (χ1) is 16.0. The van der Waals surface area contributed by atoms with Gasteiger partial charge in [0.1, 0.15) is 24.2 Å². The lowest BCUT2D eigenvalue weighted by molar-refractivity contribution is -0.143. The number of aliphatic hydroxyl groups is 1. The molecular formula is C22H32N4O8. The van der Waals surface area contributed by atoms with E-state index in [9.17, 15) is 29.1 Å². The summed E-state index contributed by atoms with van der Waals surface area (Å²) >= 11 is 0. The standard InChI is InChI=1S/C22H32N4O8/c1-12(2)18(21(32)24-15(22(33)34)8-9-17(28)29)26-20(31)16(25-19(30)14(23)11-27)10-13-6-4-3-5-7-13/h3-7,12,14-16,18,27H,8-11,23H2,1-2H3,(H,24,32)(H,25,30)(H,26,31)(H,28,29)(H,33,34). The smallest absolute Gasteiger partial charge is 0.326 e. The molecule has 0 aliphatic rings.